The van der Waals surface area contributed by atoms with Gasteiger partial charge in [0.25, 0.3) is 0 Å². The van der Waals surface area contributed by atoms with E-state index in [2.05, 4.69) is 37.8 Å². The average molecular weight is 347 g/mol. The minimum absolute atomic E-state index is 0.273. The zero-order valence-electron chi connectivity index (χ0n) is 16.1. The summed E-state index contributed by atoms with van der Waals surface area (Å²) >= 11 is 0. The van der Waals surface area contributed by atoms with Gasteiger partial charge in [-0.1, -0.05) is 19.0 Å². The SMILES string of the molecule is CCNC(=NCc1c(C)nn(C)c1C)NCCc1nc(C(C)C)no1. The zero-order valence-corrected chi connectivity index (χ0v) is 16.1. The fraction of sp³-hybridized carbons (Fsp3) is 0.647. The molecule has 0 saturated heterocycles. The van der Waals surface area contributed by atoms with E-state index in [1.807, 2.05) is 39.4 Å². The molecular weight excluding hydrogens is 318 g/mol. The second-order valence-electron chi connectivity index (χ2n) is 6.35. The fourth-order valence-corrected chi connectivity index (χ4v) is 2.44. The predicted molar refractivity (Wildman–Crippen MR) is 97.6 cm³/mol. The van der Waals surface area contributed by atoms with E-state index >= 15 is 0 Å². The van der Waals surface area contributed by atoms with E-state index < -0.39 is 0 Å². The van der Waals surface area contributed by atoms with Gasteiger partial charge in [0.15, 0.2) is 11.8 Å². The first-order valence-corrected chi connectivity index (χ1v) is 8.76. The molecular formula is C17H29N7O. The number of rotatable bonds is 7. The normalized spacial score (nSPS) is 12.0. The maximum atomic E-state index is 5.26. The summed E-state index contributed by atoms with van der Waals surface area (Å²) in [6.45, 7) is 12.3. The van der Waals surface area contributed by atoms with Crippen LogP contribution >= 0.6 is 0 Å². The van der Waals surface area contributed by atoms with Crippen molar-refractivity contribution in [1.82, 2.24) is 30.6 Å². The van der Waals surface area contributed by atoms with Gasteiger partial charge in [-0.25, -0.2) is 4.99 Å². The summed E-state index contributed by atoms with van der Waals surface area (Å²) in [4.78, 5) is 9.04. The van der Waals surface area contributed by atoms with Crippen LogP contribution < -0.4 is 10.6 Å². The van der Waals surface area contributed by atoms with Gasteiger partial charge in [0.1, 0.15) is 0 Å². The van der Waals surface area contributed by atoms with Gasteiger partial charge in [-0.05, 0) is 20.8 Å². The zero-order chi connectivity index (χ0) is 18.4. The Morgan fingerprint density at radius 2 is 2.04 bits per heavy atom. The summed E-state index contributed by atoms with van der Waals surface area (Å²) in [7, 11) is 1.95. The van der Waals surface area contributed by atoms with Crippen LogP contribution in [0.5, 0.6) is 0 Å². The predicted octanol–water partition coefficient (Wildman–Crippen LogP) is 1.84. The van der Waals surface area contributed by atoms with Crippen LogP contribution in [0.4, 0.5) is 0 Å². The Labute approximate surface area is 149 Å². The minimum Gasteiger partial charge on any atom is -0.357 e. The fourth-order valence-electron chi connectivity index (χ4n) is 2.44. The molecule has 0 atom stereocenters. The molecule has 0 amide bonds. The monoisotopic (exact) mass is 347 g/mol. The van der Waals surface area contributed by atoms with Crippen LogP contribution in [-0.4, -0.2) is 39.0 Å². The third kappa shape index (κ3) is 5.04. The Morgan fingerprint density at radius 3 is 2.60 bits per heavy atom. The van der Waals surface area contributed by atoms with E-state index in [0.29, 0.717) is 25.4 Å². The number of guanidine groups is 1. The van der Waals surface area contributed by atoms with Crippen LogP contribution in [0, 0.1) is 13.8 Å². The summed E-state index contributed by atoms with van der Waals surface area (Å²) in [6.07, 6.45) is 0.662. The van der Waals surface area contributed by atoms with Gasteiger partial charge in [-0.3, -0.25) is 4.68 Å². The van der Waals surface area contributed by atoms with E-state index in [0.717, 1.165) is 35.3 Å². The molecule has 2 aromatic heterocycles. The molecule has 0 unspecified atom stereocenters. The van der Waals surface area contributed by atoms with Gasteiger partial charge in [0, 0.05) is 43.7 Å². The molecule has 8 nitrogen and oxygen atoms in total. The Kier molecular flexibility index (Phi) is 6.55. The molecule has 138 valence electrons. The molecule has 2 aromatic rings. The molecule has 0 spiro atoms. The van der Waals surface area contributed by atoms with E-state index in [4.69, 9.17) is 4.52 Å². The van der Waals surface area contributed by atoms with Gasteiger partial charge < -0.3 is 15.2 Å². The van der Waals surface area contributed by atoms with Crippen LogP contribution in [0.25, 0.3) is 0 Å². The second kappa shape index (κ2) is 8.64. The van der Waals surface area contributed by atoms with E-state index in [1.54, 1.807) is 0 Å². The van der Waals surface area contributed by atoms with Crippen LogP contribution in [0.1, 0.15) is 55.4 Å². The lowest BCUT2D eigenvalue weighted by molar-refractivity contribution is 0.371. The number of hydrogen-bond acceptors (Lipinski definition) is 5. The van der Waals surface area contributed by atoms with Gasteiger partial charge in [-0.15, -0.1) is 0 Å². The first-order valence-electron chi connectivity index (χ1n) is 8.76. The van der Waals surface area contributed by atoms with Crippen LogP contribution in [-0.2, 0) is 20.0 Å². The summed E-state index contributed by atoms with van der Waals surface area (Å²) in [5.41, 5.74) is 3.33. The largest absolute Gasteiger partial charge is 0.357 e. The van der Waals surface area contributed by atoms with Crippen molar-refractivity contribution in [1.29, 1.82) is 0 Å². The summed E-state index contributed by atoms with van der Waals surface area (Å²) in [5.74, 6) is 2.44. The highest BCUT2D eigenvalue weighted by Crippen LogP contribution is 2.13. The molecule has 0 saturated carbocycles. The highest BCUT2D eigenvalue weighted by Gasteiger charge is 2.11. The number of aryl methyl sites for hydroxylation is 2. The van der Waals surface area contributed by atoms with E-state index in [-0.39, 0.29) is 5.92 Å². The van der Waals surface area contributed by atoms with Crippen LogP contribution in [0.2, 0.25) is 0 Å². The number of aromatic nitrogens is 4. The Morgan fingerprint density at radius 1 is 1.28 bits per heavy atom. The van der Waals surface area contributed by atoms with Crippen molar-refractivity contribution in [3.05, 3.63) is 28.7 Å². The Bertz CT molecular complexity index is 715. The van der Waals surface area contributed by atoms with Crippen molar-refractivity contribution < 1.29 is 4.52 Å². The molecule has 0 bridgehead atoms. The standard InChI is InChI=1S/C17H29N7O/c1-7-18-17(20-10-14-12(4)22-24(6)13(14)5)19-9-8-15-21-16(11(2)3)23-25-15/h11H,7-10H2,1-6H3,(H2,18,19,20). The first kappa shape index (κ1) is 19.0. The summed E-state index contributed by atoms with van der Waals surface area (Å²) in [5, 5.41) is 15.0. The Balaban J connectivity index is 1.93. The van der Waals surface area contributed by atoms with E-state index in [9.17, 15) is 0 Å². The van der Waals surface area contributed by atoms with Gasteiger partial charge in [-0.2, -0.15) is 10.1 Å². The van der Waals surface area contributed by atoms with Crippen LogP contribution in [0.3, 0.4) is 0 Å². The average Bonchev–Trinajstić information content (AvgIpc) is 3.12. The molecule has 8 heteroatoms. The van der Waals surface area contributed by atoms with Crippen molar-refractivity contribution in [2.24, 2.45) is 12.0 Å². The van der Waals surface area contributed by atoms with Crippen molar-refractivity contribution >= 4 is 5.96 Å². The Hall–Kier alpha value is -2.38. The molecule has 0 radical (unpaired) electrons. The first-order chi connectivity index (χ1) is 11.9. The number of nitrogens with zero attached hydrogens (tertiary/aromatic N) is 5. The third-order valence-electron chi connectivity index (χ3n) is 4.03. The van der Waals surface area contributed by atoms with Crippen molar-refractivity contribution in [3.63, 3.8) is 0 Å². The van der Waals surface area contributed by atoms with E-state index in [1.165, 1.54) is 0 Å². The number of hydrogen-bond donors (Lipinski definition) is 2. The minimum atomic E-state index is 0.273. The summed E-state index contributed by atoms with van der Waals surface area (Å²) in [6, 6.07) is 0. The number of aliphatic imine (C=N–C) groups is 1. The molecule has 25 heavy (non-hydrogen) atoms. The van der Waals surface area contributed by atoms with Gasteiger partial charge >= 0.3 is 0 Å². The van der Waals surface area contributed by atoms with Crippen molar-refractivity contribution in [2.45, 2.75) is 53.5 Å². The van der Waals surface area contributed by atoms with Crippen molar-refractivity contribution in [2.75, 3.05) is 13.1 Å². The maximum Gasteiger partial charge on any atom is 0.228 e. The van der Waals surface area contributed by atoms with Gasteiger partial charge in [0.2, 0.25) is 5.89 Å². The molecule has 0 aromatic carbocycles. The van der Waals surface area contributed by atoms with Crippen molar-refractivity contribution in [3.8, 4) is 0 Å². The summed E-state index contributed by atoms with van der Waals surface area (Å²) < 4.78 is 7.15. The molecule has 0 aliphatic heterocycles. The van der Waals surface area contributed by atoms with Crippen LogP contribution in [0.15, 0.2) is 9.52 Å². The lowest BCUT2D eigenvalue weighted by atomic mass is 10.2. The highest BCUT2D eigenvalue weighted by molar-refractivity contribution is 5.79. The molecule has 0 aliphatic carbocycles. The number of nitrogens with one attached hydrogen (secondary N) is 2. The maximum absolute atomic E-state index is 5.26. The topological polar surface area (TPSA) is 93.2 Å². The molecule has 2 rings (SSSR count). The lowest BCUT2D eigenvalue weighted by Crippen LogP contribution is -2.38. The molecule has 0 aliphatic rings. The molecule has 2 heterocycles. The molecule has 0 fully saturated rings. The van der Waals surface area contributed by atoms with Gasteiger partial charge in [0.05, 0.1) is 12.2 Å². The molecule has 2 N–H and O–H groups in total. The smallest absolute Gasteiger partial charge is 0.228 e. The quantitative estimate of drug-likeness (QED) is 0.586. The highest BCUT2D eigenvalue weighted by atomic mass is 16.5. The lowest BCUT2D eigenvalue weighted by Gasteiger charge is -2.10. The second-order valence-corrected chi connectivity index (χ2v) is 6.35. The third-order valence-corrected chi connectivity index (χ3v) is 4.03.